The van der Waals surface area contributed by atoms with Crippen molar-refractivity contribution in [3.63, 3.8) is 0 Å². The predicted octanol–water partition coefficient (Wildman–Crippen LogP) is 3.58. The van der Waals surface area contributed by atoms with Crippen molar-refractivity contribution in [1.82, 2.24) is 15.3 Å². The second kappa shape index (κ2) is 6.96. The van der Waals surface area contributed by atoms with Gasteiger partial charge in [-0.3, -0.25) is 4.79 Å². The number of piperidine rings is 1. The summed E-state index contributed by atoms with van der Waals surface area (Å²) in [6, 6.07) is 7.29. The molecule has 134 valence electrons. The lowest BCUT2D eigenvalue weighted by Gasteiger charge is -2.32. The number of hydrogen-bond donors (Lipinski definition) is 1. The number of halogens is 1. The number of carbonyl (C=O) groups excluding carboxylic acids is 1. The van der Waals surface area contributed by atoms with E-state index in [2.05, 4.69) is 20.2 Å². The second-order valence-corrected chi connectivity index (χ2v) is 6.92. The summed E-state index contributed by atoms with van der Waals surface area (Å²) in [6.45, 7) is 3.50. The Labute approximate surface area is 156 Å². The summed E-state index contributed by atoms with van der Waals surface area (Å²) in [6.07, 6.45) is 5.17. The number of rotatable bonds is 3. The molecule has 4 rings (SSSR count). The Morgan fingerprint density at radius 2 is 2.00 bits per heavy atom. The van der Waals surface area contributed by atoms with Crippen molar-refractivity contribution in [2.75, 3.05) is 18.0 Å². The summed E-state index contributed by atoms with van der Waals surface area (Å²) < 4.78 is 5.75. The second-order valence-electron chi connectivity index (χ2n) is 6.48. The molecule has 1 aliphatic heterocycles. The normalized spacial score (nSPS) is 15.4. The van der Waals surface area contributed by atoms with E-state index in [0.29, 0.717) is 16.4 Å². The predicted molar refractivity (Wildman–Crippen MR) is 101 cm³/mol. The van der Waals surface area contributed by atoms with E-state index in [9.17, 15) is 4.79 Å². The number of fused-ring (bicyclic) bond motifs is 1. The number of nitrogens with zero attached hydrogens (tertiary/aromatic N) is 3. The van der Waals surface area contributed by atoms with Gasteiger partial charge in [-0.15, -0.1) is 0 Å². The number of aromatic nitrogens is 2. The van der Waals surface area contributed by atoms with Crippen LogP contribution in [-0.4, -0.2) is 35.0 Å². The maximum atomic E-state index is 12.7. The smallest absolute Gasteiger partial charge is 0.287 e. The van der Waals surface area contributed by atoms with E-state index in [1.165, 1.54) is 0 Å². The van der Waals surface area contributed by atoms with Gasteiger partial charge in [-0.1, -0.05) is 11.6 Å². The number of furan rings is 1. The fourth-order valence-electron chi connectivity index (χ4n) is 3.34. The minimum absolute atomic E-state index is 0.110. The molecule has 1 aromatic carbocycles. The van der Waals surface area contributed by atoms with E-state index < -0.39 is 0 Å². The number of carbonyl (C=O) groups is 1. The molecule has 1 amide bonds. The summed E-state index contributed by atoms with van der Waals surface area (Å²) in [5.41, 5.74) is 1.49. The van der Waals surface area contributed by atoms with Crippen LogP contribution in [0.3, 0.4) is 0 Å². The van der Waals surface area contributed by atoms with Gasteiger partial charge in [-0.25, -0.2) is 9.97 Å². The van der Waals surface area contributed by atoms with Crippen LogP contribution >= 0.6 is 11.6 Å². The van der Waals surface area contributed by atoms with E-state index >= 15 is 0 Å². The van der Waals surface area contributed by atoms with Crippen LogP contribution in [0.1, 0.15) is 29.0 Å². The van der Waals surface area contributed by atoms with Crippen molar-refractivity contribution in [2.24, 2.45) is 0 Å². The van der Waals surface area contributed by atoms with Crippen molar-refractivity contribution in [2.45, 2.75) is 25.8 Å². The monoisotopic (exact) mass is 370 g/mol. The molecule has 2 aromatic heterocycles. The average molecular weight is 371 g/mol. The van der Waals surface area contributed by atoms with Crippen LogP contribution in [0.25, 0.3) is 11.0 Å². The van der Waals surface area contributed by atoms with Gasteiger partial charge < -0.3 is 14.6 Å². The number of hydrogen-bond acceptors (Lipinski definition) is 5. The Balaban J connectivity index is 1.42. The summed E-state index contributed by atoms with van der Waals surface area (Å²) in [4.78, 5) is 23.4. The lowest BCUT2D eigenvalue weighted by atomic mass is 10.0. The molecular weight excluding hydrogens is 352 g/mol. The molecule has 0 atom stereocenters. The molecule has 1 fully saturated rings. The topological polar surface area (TPSA) is 71.3 Å². The first kappa shape index (κ1) is 16.8. The first-order valence-electron chi connectivity index (χ1n) is 8.63. The van der Waals surface area contributed by atoms with Crippen molar-refractivity contribution in [1.29, 1.82) is 0 Å². The minimum Gasteiger partial charge on any atom is -0.451 e. The maximum Gasteiger partial charge on any atom is 0.287 e. The molecule has 3 aromatic rings. The Bertz CT molecular complexity index is 933. The Morgan fingerprint density at radius 3 is 2.73 bits per heavy atom. The average Bonchev–Trinajstić information content (AvgIpc) is 2.99. The highest BCUT2D eigenvalue weighted by molar-refractivity contribution is 6.31. The third kappa shape index (κ3) is 3.24. The summed E-state index contributed by atoms with van der Waals surface area (Å²) in [5, 5.41) is 4.59. The Morgan fingerprint density at radius 1 is 1.27 bits per heavy atom. The van der Waals surface area contributed by atoms with E-state index in [-0.39, 0.29) is 11.9 Å². The van der Waals surface area contributed by atoms with Crippen LogP contribution in [0, 0.1) is 6.92 Å². The van der Waals surface area contributed by atoms with Crippen LogP contribution in [-0.2, 0) is 0 Å². The number of nitrogens with one attached hydrogen (secondary N) is 1. The molecule has 0 unspecified atom stereocenters. The Kier molecular flexibility index (Phi) is 4.51. The van der Waals surface area contributed by atoms with Crippen LogP contribution in [0.15, 0.2) is 41.1 Å². The van der Waals surface area contributed by atoms with E-state index in [4.69, 9.17) is 16.0 Å². The summed E-state index contributed by atoms with van der Waals surface area (Å²) in [7, 11) is 0. The van der Waals surface area contributed by atoms with Crippen molar-refractivity contribution in [3.8, 4) is 0 Å². The number of aryl methyl sites for hydroxylation is 1. The standard InChI is InChI=1S/C19H19ClN4O2/c1-12-15-11-13(20)3-4-16(15)26-17(12)18(25)23-14-5-9-24(10-6-14)19-21-7-2-8-22-19/h2-4,7-8,11,14H,5-6,9-10H2,1H3,(H,23,25). The van der Waals surface area contributed by atoms with Gasteiger partial charge in [-0.2, -0.15) is 0 Å². The summed E-state index contributed by atoms with van der Waals surface area (Å²) in [5.74, 6) is 0.919. The van der Waals surface area contributed by atoms with Gasteiger partial charge in [0.2, 0.25) is 5.95 Å². The fourth-order valence-corrected chi connectivity index (χ4v) is 3.51. The number of anilines is 1. The quantitative estimate of drug-likeness (QED) is 0.763. The van der Waals surface area contributed by atoms with Gasteiger partial charge in [0, 0.05) is 47.5 Å². The largest absolute Gasteiger partial charge is 0.451 e. The molecular formula is C19H19ClN4O2. The third-order valence-electron chi connectivity index (χ3n) is 4.77. The molecule has 7 heteroatoms. The van der Waals surface area contributed by atoms with Crippen LogP contribution in [0.2, 0.25) is 5.02 Å². The van der Waals surface area contributed by atoms with Crippen LogP contribution < -0.4 is 10.2 Å². The molecule has 0 radical (unpaired) electrons. The highest BCUT2D eigenvalue weighted by atomic mass is 35.5. The first-order valence-corrected chi connectivity index (χ1v) is 9.01. The third-order valence-corrected chi connectivity index (χ3v) is 5.00. The zero-order chi connectivity index (χ0) is 18.1. The van der Waals surface area contributed by atoms with Gasteiger partial charge >= 0.3 is 0 Å². The van der Waals surface area contributed by atoms with E-state index in [1.54, 1.807) is 30.6 Å². The number of amides is 1. The molecule has 26 heavy (non-hydrogen) atoms. The van der Waals surface area contributed by atoms with E-state index in [0.717, 1.165) is 42.8 Å². The molecule has 0 bridgehead atoms. The van der Waals surface area contributed by atoms with Gasteiger partial charge in [-0.05, 0) is 44.0 Å². The first-order chi connectivity index (χ1) is 12.6. The molecule has 3 heterocycles. The molecule has 1 N–H and O–H groups in total. The SMILES string of the molecule is Cc1c(C(=O)NC2CCN(c3ncccn3)CC2)oc2ccc(Cl)cc12. The highest BCUT2D eigenvalue weighted by Gasteiger charge is 2.25. The van der Waals surface area contributed by atoms with Crippen molar-refractivity contribution >= 4 is 34.4 Å². The fraction of sp³-hybridized carbons (Fsp3) is 0.316. The van der Waals surface area contributed by atoms with Crippen LogP contribution in [0.5, 0.6) is 0 Å². The molecule has 0 saturated carbocycles. The number of benzene rings is 1. The van der Waals surface area contributed by atoms with E-state index in [1.807, 2.05) is 13.0 Å². The van der Waals surface area contributed by atoms with Gasteiger partial charge in [0.15, 0.2) is 5.76 Å². The molecule has 1 saturated heterocycles. The highest BCUT2D eigenvalue weighted by Crippen LogP contribution is 2.28. The van der Waals surface area contributed by atoms with Gasteiger partial charge in [0.25, 0.3) is 5.91 Å². The molecule has 1 aliphatic rings. The van der Waals surface area contributed by atoms with Crippen molar-refractivity contribution in [3.05, 3.63) is 53.0 Å². The molecule has 6 nitrogen and oxygen atoms in total. The summed E-state index contributed by atoms with van der Waals surface area (Å²) >= 11 is 6.04. The zero-order valence-electron chi connectivity index (χ0n) is 14.4. The maximum absolute atomic E-state index is 12.7. The zero-order valence-corrected chi connectivity index (χ0v) is 15.2. The van der Waals surface area contributed by atoms with Gasteiger partial charge in [0.1, 0.15) is 5.58 Å². The lowest BCUT2D eigenvalue weighted by molar-refractivity contribution is 0.0904. The van der Waals surface area contributed by atoms with Crippen molar-refractivity contribution < 1.29 is 9.21 Å². The Hall–Kier alpha value is -2.60. The minimum atomic E-state index is -0.177. The van der Waals surface area contributed by atoms with Crippen LogP contribution in [0.4, 0.5) is 5.95 Å². The van der Waals surface area contributed by atoms with Gasteiger partial charge in [0.05, 0.1) is 0 Å². The molecule has 0 aliphatic carbocycles. The molecule has 0 spiro atoms. The lowest BCUT2D eigenvalue weighted by Crippen LogP contribution is -2.45.